The van der Waals surface area contributed by atoms with Crippen molar-refractivity contribution in [2.24, 2.45) is 17.8 Å². The lowest BCUT2D eigenvalue weighted by atomic mass is 9.52. The number of aromatic amines is 1. The van der Waals surface area contributed by atoms with E-state index >= 15 is 0 Å². The van der Waals surface area contributed by atoms with Gasteiger partial charge in [-0.25, -0.2) is 9.78 Å². The quantitative estimate of drug-likeness (QED) is 0.534. The van der Waals surface area contributed by atoms with Crippen molar-refractivity contribution < 1.29 is 19.2 Å². The number of rotatable bonds is 5. The number of carbonyl (C=O) groups excluding carboxylic acids is 1. The molecule has 0 spiro atoms. The van der Waals surface area contributed by atoms with Crippen LogP contribution >= 0.6 is 0 Å². The molecule has 4 aliphatic rings. The average Bonchev–Trinajstić information content (AvgIpc) is 3.39. The van der Waals surface area contributed by atoms with Crippen LogP contribution in [0.25, 0.3) is 22.4 Å². The van der Waals surface area contributed by atoms with Crippen LogP contribution in [-0.4, -0.2) is 49.4 Å². The molecule has 0 aromatic carbocycles. The molecule has 3 aromatic rings. The van der Waals surface area contributed by atoms with Gasteiger partial charge in [0.15, 0.2) is 0 Å². The second-order valence-corrected chi connectivity index (χ2v) is 9.29. The van der Waals surface area contributed by atoms with Crippen LogP contribution in [0.3, 0.4) is 0 Å². The van der Waals surface area contributed by atoms with Crippen LogP contribution in [-0.2, 0) is 4.74 Å². The third-order valence-corrected chi connectivity index (χ3v) is 7.26. The van der Waals surface area contributed by atoms with E-state index in [1.807, 2.05) is 12.3 Å². The molecule has 0 amide bonds. The largest absolute Gasteiger partial charge is 0.459 e. The van der Waals surface area contributed by atoms with Crippen LogP contribution in [0.2, 0.25) is 0 Å². The normalized spacial score (nSPS) is 31.3. The Kier molecular flexibility index (Phi) is 4.11. The molecule has 3 N–H and O–H groups in total. The summed E-state index contributed by atoms with van der Waals surface area (Å²) in [4.78, 5) is 23.9. The monoisotopic (exact) mass is 423 g/mol. The molecule has 3 heterocycles. The minimum atomic E-state index is -0.638. The smallest absolute Gasteiger partial charge is 0.397 e. The molecule has 0 aliphatic heterocycles. The molecule has 31 heavy (non-hydrogen) atoms. The number of esters is 1. The summed E-state index contributed by atoms with van der Waals surface area (Å²) in [6, 6.07) is 2.25. The van der Waals surface area contributed by atoms with Gasteiger partial charge in [-0.15, -0.1) is 0 Å². The van der Waals surface area contributed by atoms with Gasteiger partial charge in [-0.1, -0.05) is 5.16 Å². The van der Waals surface area contributed by atoms with Crippen molar-refractivity contribution in [3.63, 3.8) is 0 Å². The van der Waals surface area contributed by atoms with E-state index in [2.05, 4.69) is 25.4 Å². The first-order valence-corrected chi connectivity index (χ1v) is 11.0. The van der Waals surface area contributed by atoms with Crippen LogP contribution in [0.4, 0.5) is 5.69 Å². The lowest BCUT2D eigenvalue weighted by Gasteiger charge is -2.58. The maximum Gasteiger partial charge on any atom is 0.397 e. The van der Waals surface area contributed by atoms with Crippen LogP contribution in [0, 0.1) is 17.8 Å². The number of nitrogens with one attached hydrogen (secondary N) is 2. The first-order valence-electron chi connectivity index (χ1n) is 11.0. The van der Waals surface area contributed by atoms with Crippen LogP contribution in [0.1, 0.15) is 49.7 Å². The minimum Gasteiger partial charge on any atom is -0.459 e. The first-order chi connectivity index (χ1) is 15.0. The van der Waals surface area contributed by atoms with Gasteiger partial charge >= 0.3 is 11.9 Å². The van der Waals surface area contributed by atoms with Crippen LogP contribution in [0.5, 0.6) is 0 Å². The molecule has 3 aromatic heterocycles. The van der Waals surface area contributed by atoms with E-state index in [9.17, 15) is 9.90 Å². The Labute approximate surface area is 178 Å². The molecule has 4 saturated carbocycles. The second kappa shape index (κ2) is 6.78. The minimum absolute atomic E-state index is 0.172. The number of H-pyrrole nitrogens is 1. The van der Waals surface area contributed by atoms with Gasteiger partial charge < -0.3 is 24.7 Å². The molecule has 4 aliphatic carbocycles. The van der Waals surface area contributed by atoms with Crippen molar-refractivity contribution in [3.8, 4) is 11.4 Å². The standard InChI is InChI=1S/C22H25N5O4/c1-2-30-21(28)20-26-19(27-31-20)15-10-24-18-14(3-4-23-18)17(15)25-16-12-5-11-6-13(16)9-22(29,7-11)8-12/h3-4,10-13,16,29H,2,5-9H2,1H3,(H2,23,24,25)/t11?,12-,13+,16+,22-. The Morgan fingerprint density at radius 3 is 2.90 bits per heavy atom. The Hall–Kier alpha value is -2.94. The highest BCUT2D eigenvalue weighted by molar-refractivity contribution is 5.97. The molecular formula is C22H25N5O4. The highest BCUT2D eigenvalue weighted by atomic mass is 16.6. The summed E-state index contributed by atoms with van der Waals surface area (Å²) >= 11 is 0. The summed E-state index contributed by atoms with van der Waals surface area (Å²) < 4.78 is 10.1. The SMILES string of the molecule is CCOC(=O)c1nc(-c2cnc3[nH]ccc3c2N[C@H]2[C@@H]3CC4C[C@H]2C[C@@](O)(C4)C3)no1. The predicted molar refractivity (Wildman–Crippen MR) is 111 cm³/mol. The molecule has 162 valence electrons. The highest BCUT2D eigenvalue weighted by Gasteiger charge is 2.54. The third-order valence-electron chi connectivity index (χ3n) is 7.26. The zero-order valence-corrected chi connectivity index (χ0v) is 17.3. The van der Waals surface area contributed by atoms with Gasteiger partial charge in [-0.3, -0.25) is 0 Å². The highest BCUT2D eigenvalue weighted by Crippen LogP contribution is 2.56. The summed E-state index contributed by atoms with van der Waals surface area (Å²) in [6.07, 6.45) is 8.52. The van der Waals surface area contributed by atoms with E-state index in [4.69, 9.17) is 9.26 Å². The van der Waals surface area contributed by atoms with Gasteiger partial charge in [0.1, 0.15) is 5.65 Å². The molecule has 0 radical (unpaired) electrons. The lowest BCUT2D eigenvalue weighted by molar-refractivity contribution is -0.129. The Balaban J connectivity index is 1.38. The number of pyridine rings is 1. The molecule has 9 nitrogen and oxygen atoms in total. The van der Waals surface area contributed by atoms with E-state index in [1.165, 1.54) is 0 Å². The molecule has 0 saturated heterocycles. The molecule has 9 heteroatoms. The summed E-state index contributed by atoms with van der Waals surface area (Å²) in [7, 11) is 0. The number of nitrogens with zero attached hydrogens (tertiary/aromatic N) is 3. The van der Waals surface area contributed by atoms with E-state index in [-0.39, 0.29) is 18.5 Å². The van der Waals surface area contributed by atoms with Gasteiger partial charge in [0.05, 0.1) is 23.5 Å². The molecule has 1 unspecified atom stereocenters. The number of ether oxygens (including phenoxy) is 1. The van der Waals surface area contributed by atoms with Crippen molar-refractivity contribution in [2.45, 2.75) is 50.7 Å². The number of hydrogen-bond donors (Lipinski definition) is 3. The van der Waals surface area contributed by atoms with E-state index < -0.39 is 11.6 Å². The van der Waals surface area contributed by atoms with Gasteiger partial charge in [-0.05, 0) is 62.8 Å². The van der Waals surface area contributed by atoms with E-state index in [0.717, 1.165) is 48.8 Å². The van der Waals surface area contributed by atoms with Gasteiger partial charge in [0.25, 0.3) is 0 Å². The number of aliphatic hydroxyl groups is 1. The Morgan fingerprint density at radius 1 is 1.35 bits per heavy atom. The maximum atomic E-state index is 12.0. The van der Waals surface area contributed by atoms with Crippen LogP contribution in [0.15, 0.2) is 23.0 Å². The van der Waals surface area contributed by atoms with Gasteiger partial charge in [-0.2, -0.15) is 4.98 Å². The number of carbonyl (C=O) groups is 1. The zero-order chi connectivity index (χ0) is 21.2. The van der Waals surface area contributed by atoms with Gasteiger partial charge in [0.2, 0.25) is 5.82 Å². The van der Waals surface area contributed by atoms with Crippen LogP contribution < -0.4 is 5.32 Å². The van der Waals surface area contributed by atoms with E-state index in [1.54, 1.807) is 13.1 Å². The third kappa shape index (κ3) is 3.02. The molecule has 5 atom stereocenters. The fourth-order valence-corrected chi connectivity index (χ4v) is 6.33. The predicted octanol–water partition coefficient (Wildman–Crippen LogP) is 3.14. The fourth-order valence-electron chi connectivity index (χ4n) is 6.33. The van der Waals surface area contributed by atoms with E-state index in [0.29, 0.717) is 29.1 Å². The molecule has 7 rings (SSSR count). The molecule has 4 fully saturated rings. The maximum absolute atomic E-state index is 12.0. The summed E-state index contributed by atoms with van der Waals surface area (Å²) in [5, 5.41) is 19.7. The Morgan fingerprint density at radius 2 is 2.16 bits per heavy atom. The number of aromatic nitrogens is 4. The lowest BCUT2D eigenvalue weighted by Crippen LogP contribution is -2.59. The summed E-state index contributed by atoms with van der Waals surface area (Å²) in [5.41, 5.74) is 1.84. The molecular weight excluding hydrogens is 398 g/mol. The second-order valence-electron chi connectivity index (χ2n) is 9.29. The first kappa shape index (κ1) is 18.8. The fraction of sp³-hybridized carbons (Fsp3) is 0.545. The Bertz CT molecular complexity index is 1140. The topological polar surface area (TPSA) is 126 Å². The van der Waals surface area contributed by atoms with Crippen molar-refractivity contribution >= 4 is 22.7 Å². The summed E-state index contributed by atoms with van der Waals surface area (Å²) in [6.45, 7) is 1.96. The van der Waals surface area contributed by atoms with Crippen molar-refractivity contribution in [2.75, 3.05) is 11.9 Å². The van der Waals surface area contributed by atoms with Gasteiger partial charge in [0, 0.05) is 23.8 Å². The van der Waals surface area contributed by atoms with Crippen molar-refractivity contribution in [1.29, 1.82) is 0 Å². The zero-order valence-electron chi connectivity index (χ0n) is 17.3. The molecule has 4 bridgehead atoms. The number of anilines is 1. The number of fused-ring (bicyclic) bond motifs is 1. The van der Waals surface area contributed by atoms with Crippen molar-refractivity contribution in [3.05, 3.63) is 24.4 Å². The average molecular weight is 423 g/mol. The number of hydrogen-bond acceptors (Lipinski definition) is 8. The summed E-state index contributed by atoms with van der Waals surface area (Å²) in [5.74, 6) is 0.991. The van der Waals surface area contributed by atoms with Crippen molar-refractivity contribution in [1.82, 2.24) is 20.1 Å².